The fraction of sp³-hybridized carbons (Fsp3) is 0.320. The fourth-order valence-electron chi connectivity index (χ4n) is 3.64. The third-order valence-electron chi connectivity index (χ3n) is 5.45. The van der Waals surface area contributed by atoms with Gasteiger partial charge in [0, 0.05) is 30.3 Å². The number of halogens is 1. The van der Waals surface area contributed by atoms with Crippen molar-refractivity contribution >= 4 is 62.2 Å². The number of carbonyl (C=O) groups excluding carboxylic acids is 1. The largest absolute Gasteiger partial charge is 0.490 e. The van der Waals surface area contributed by atoms with Crippen LogP contribution in [0.5, 0.6) is 11.5 Å². The Hall–Kier alpha value is -3.02. The Balaban J connectivity index is 1.54. The molecule has 0 unspecified atom stereocenters. The lowest BCUT2D eigenvalue weighted by molar-refractivity contribution is -0.139. The summed E-state index contributed by atoms with van der Waals surface area (Å²) in [7, 11) is 1.70. The van der Waals surface area contributed by atoms with E-state index in [4.69, 9.17) is 19.3 Å². The third kappa shape index (κ3) is 6.21. The molecule has 36 heavy (non-hydrogen) atoms. The minimum atomic E-state index is -1.08. The van der Waals surface area contributed by atoms with E-state index in [0.29, 0.717) is 38.2 Å². The number of hydrogen-bond donors (Lipinski definition) is 1. The van der Waals surface area contributed by atoms with Gasteiger partial charge in [0.25, 0.3) is 5.91 Å². The highest BCUT2D eigenvalue weighted by Gasteiger charge is 2.30. The van der Waals surface area contributed by atoms with Gasteiger partial charge in [-0.15, -0.1) is 0 Å². The minimum Gasteiger partial charge on any atom is -0.490 e. The van der Waals surface area contributed by atoms with Crippen LogP contribution in [0.1, 0.15) is 12.5 Å². The van der Waals surface area contributed by atoms with Crippen LogP contribution in [-0.4, -0.2) is 73.6 Å². The van der Waals surface area contributed by atoms with E-state index in [1.807, 2.05) is 31.2 Å². The molecule has 9 nitrogen and oxygen atoms in total. The van der Waals surface area contributed by atoms with Crippen molar-refractivity contribution in [3.63, 3.8) is 0 Å². The normalized spacial score (nSPS) is 18.2. The topological polar surface area (TPSA) is 101 Å². The smallest absolute Gasteiger partial charge is 0.341 e. The van der Waals surface area contributed by atoms with Crippen LogP contribution in [0.4, 0.5) is 11.4 Å². The molecule has 2 aliphatic heterocycles. The van der Waals surface area contributed by atoms with Crippen LogP contribution >= 0.6 is 27.7 Å². The number of nitrogens with zero attached hydrogens (tertiary/aromatic N) is 3. The first-order chi connectivity index (χ1) is 17.4. The highest BCUT2D eigenvalue weighted by Crippen LogP contribution is 2.38. The van der Waals surface area contributed by atoms with E-state index in [1.54, 1.807) is 25.3 Å². The van der Waals surface area contributed by atoms with Crippen LogP contribution in [0.15, 0.2) is 50.8 Å². The molecule has 2 aromatic carbocycles. The molecule has 0 atom stereocenters. The molecular weight excluding hydrogens is 550 g/mol. The van der Waals surface area contributed by atoms with Crippen molar-refractivity contribution in [2.24, 2.45) is 4.99 Å². The van der Waals surface area contributed by atoms with Crippen molar-refractivity contribution in [2.45, 2.75) is 6.92 Å². The third-order valence-corrected chi connectivity index (χ3v) is 7.20. The predicted molar refractivity (Wildman–Crippen MR) is 143 cm³/mol. The van der Waals surface area contributed by atoms with E-state index in [-0.39, 0.29) is 5.91 Å². The number of carboxylic acid groups (broad SMARTS) is 1. The van der Waals surface area contributed by atoms with Gasteiger partial charge < -0.3 is 24.2 Å². The van der Waals surface area contributed by atoms with Gasteiger partial charge in [-0.2, -0.15) is 0 Å². The predicted octanol–water partition coefficient (Wildman–Crippen LogP) is 4.38. The zero-order valence-corrected chi connectivity index (χ0v) is 22.3. The number of aliphatic carboxylic acids is 1. The van der Waals surface area contributed by atoms with Gasteiger partial charge in [-0.25, -0.2) is 9.79 Å². The first kappa shape index (κ1) is 26.1. The molecule has 2 heterocycles. The zero-order valence-electron chi connectivity index (χ0n) is 19.9. The molecule has 2 aliphatic rings. The summed E-state index contributed by atoms with van der Waals surface area (Å²) in [6, 6.07) is 11.3. The lowest BCUT2D eigenvalue weighted by Gasteiger charge is -2.28. The van der Waals surface area contributed by atoms with Crippen molar-refractivity contribution in [1.29, 1.82) is 0 Å². The quantitative estimate of drug-likeness (QED) is 0.463. The maximum absolute atomic E-state index is 12.9. The molecule has 0 aliphatic carbocycles. The average Bonchev–Trinajstić information content (AvgIpc) is 3.13. The molecule has 0 spiro atoms. The second kappa shape index (κ2) is 11.8. The van der Waals surface area contributed by atoms with Crippen molar-refractivity contribution < 1.29 is 28.9 Å². The van der Waals surface area contributed by atoms with E-state index in [2.05, 4.69) is 25.8 Å². The van der Waals surface area contributed by atoms with Crippen LogP contribution in [0.2, 0.25) is 0 Å². The summed E-state index contributed by atoms with van der Waals surface area (Å²) in [5.41, 5.74) is 2.58. The Bertz CT molecular complexity index is 1200. The number of morpholine rings is 1. The van der Waals surface area contributed by atoms with Gasteiger partial charge in [0.2, 0.25) is 0 Å². The van der Waals surface area contributed by atoms with E-state index in [0.717, 1.165) is 37.7 Å². The number of amidine groups is 1. The SMILES string of the molecule is CCOc1cc(/C=C2\SC(=Nc3ccc(N4CCOCC4)cc3)N(C)C2=O)c(Br)cc1OCC(=O)O. The molecule has 1 amide bonds. The van der Waals surface area contributed by atoms with Crippen molar-refractivity contribution in [1.82, 2.24) is 4.90 Å². The number of carbonyl (C=O) groups is 2. The lowest BCUT2D eigenvalue weighted by Crippen LogP contribution is -2.36. The van der Waals surface area contributed by atoms with Gasteiger partial charge in [-0.05, 0) is 66.7 Å². The number of aliphatic imine (C=N–C) groups is 1. The second-order valence-electron chi connectivity index (χ2n) is 7.92. The molecule has 0 aromatic heterocycles. The van der Waals surface area contributed by atoms with Crippen LogP contribution < -0.4 is 14.4 Å². The molecule has 11 heteroatoms. The number of anilines is 1. The summed E-state index contributed by atoms with van der Waals surface area (Å²) in [6.07, 6.45) is 1.75. The number of rotatable bonds is 8. The molecule has 0 bridgehead atoms. The first-order valence-corrected chi connectivity index (χ1v) is 13.0. The van der Waals surface area contributed by atoms with Crippen molar-refractivity contribution in [3.8, 4) is 11.5 Å². The number of carboxylic acids is 1. The number of thioether (sulfide) groups is 1. The average molecular weight is 576 g/mol. The lowest BCUT2D eigenvalue weighted by atomic mass is 10.2. The Morgan fingerprint density at radius 1 is 1.19 bits per heavy atom. The Kier molecular flexibility index (Phi) is 8.55. The molecule has 0 saturated carbocycles. The van der Waals surface area contributed by atoms with Gasteiger partial charge >= 0.3 is 5.97 Å². The Morgan fingerprint density at radius 3 is 2.56 bits per heavy atom. The number of ether oxygens (including phenoxy) is 3. The molecule has 1 N–H and O–H groups in total. The van der Waals surface area contributed by atoms with Gasteiger partial charge in [0.1, 0.15) is 0 Å². The molecule has 2 aromatic rings. The Labute approximate surface area is 221 Å². The maximum atomic E-state index is 12.9. The summed E-state index contributed by atoms with van der Waals surface area (Å²) >= 11 is 4.77. The van der Waals surface area contributed by atoms with E-state index < -0.39 is 12.6 Å². The number of likely N-dealkylation sites (N-methyl/N-ethyl adjacent to an activating group) is 1. The van der Waals surface area contributed by atoms with E-state index in [9.17, 15) is 9.59 Å². The molecule has 0 radical (unpaired) electrons. The van der Waals surface area contributed by atoms with Crippen LogP contribution in [0.25, 0.3) is 6.08 Å². The van der Waals surface area contributed by atoms with Gasteiger partial charge in [0.15, 0.2) is 23.3 Å². The summed E-state index contributed by atoms with van der Waals surface area (Å²) in [5.74, 6) is -0.552. The summed E-state index contributed by atoms with van der Waals surface area (Å²) < 4.78 is 17.0. The highest BCUT2D eigenvalue weighted by atomic mass is 79.9. The molecule has 2 saturated heterocycles. The summed E-state index contributed by atoms with van der Waals surface area (Å²) in [5, 5.41) is 9.49. The number of benzene rings is 2. The molecule has 4 rings (SSSR count). The van der Waals surface area contributed by atoms with Crippen LogP contribution in [0, 0.1) is 0 Å². The van der Waals surface area contributed by atoms with Crippen molar-refractivity contribution in [3.05, 3.63) is 51.3 Å². The van der Waals surface area contributed by atoms with Gasteiger partial charge in [-0.3, -0.25) is 9.69 Å². The molecule has 190 valence electrons. The summed E-state index contributed by atoms with van der Waals surface area (Å²) in [4.78, 5) is 32.8. The summed E-state index contributed by atoms with van der Waals surface area (Å²) in [6.45, 7) is 4.89. The van der Waals surface area contributed by atoms with Gasteiger partial charge in [-0.1, -0.05) is 15.9 Å². The number of amides is 1. The standard InChI is InChI=1S/C25H26BrN3O6S/c1-3-34-20-12-16(19(26)14-21(20)35-15-23(30)31)13-22-24(32)28(2)25(36-22)27-17-4-6-18(7-5-17)29-8-10-33-11-9-29/h4-7,12-14H,3,8-11,15H2,1-2H3,(H,30,31)/b22-13-,27-25?. The number of hydrogen-bond acceptors (Lipinski definition) is 8. The second-order valence-corrected chi connectivity index (χ2v) is 9.78. The van der Waals surface area contributed by atoms with Gasteiger partial charge in [0.05, 0.1) is 30.4 Å². The van der Waals surface area contributed by atoms with Crippen LogP contribution in [0.3, 0.4) is 0 Å². The maximum Gasteiger partial charge on any atom is 0.341 e. The molecule has 2 fully saturated rings. The van der Waals surface area contributed by atoms with E-state index in [1.165, 1.54) is 16.7 Å². The minimum absolute atomic E-state index is 0.167. The zero-order chi connectivity index (χ0) is 25.7. The first-order valence-electron chi connectivity index (χ1n) is 11.4. The highest BCUT2D eigenvalue weighted by molar-refractivity contribution is 9.10. The fourth-order valence-corrected chi connectivity index (χ4v) is 5.06. The monoisotopic (exact) mass is 575 g/mol. The van der Waals surface area contributed by atoms with E-state index >= 15 is 0 Å². The van der Waals surface area contributed by atoms with Crippen molar-refractivity contribution in [2.75, 3.05) is 51.5 Å². The van der Waals surface area contributed by atoms with Crippen LogP contribution in [-0.2, 0) is 14.3 Å². The Morgan fingerprint density at radius 2 is 1.89 bits per heavy atom. The molecular formula is C25H26BrN3O6S.